The fourth-order valence-electron chi connectivity index (χ4n) is 3.73. The van der Waals surface area contributed by atoms with Crippen molar-refractivity contribution < 1.29 is 4.74 Å². The molecule has 2 aliphatic heterocycles. The second-order valence-corrected chi connectivity index (χ2v) is 6.12. The smallest absolute Gasteiger partial charge is 0.0730 e. The van der Waals surface area contributed by atoms with Crippen LogP contribution in [0, 0.1) is 0 Å². The molecule has 3 fully saturated rings. The van der Waals surface area contributed by atoms with E-state index in [9.17, 15) is 0 Å². The molecule has 2 unspecified atom stereocenters. The summed E-state index contributed by atoms with van der Waals surface area (Å²) in [4.78, 5) is 5.26. The van der Waals surface area contributed by atoms with Crippen molar-refractivity contribution in [2.24, 2.45) is 5.73 Å². The Morgan fingerprint density at radius 1 is 1.00 bits per heavy atom. The van der Waals surface area contributed by atoms with Crippen LogP contribution in [-0.2, 0) is 4.74 Å². The molecule has 0 spiro atoms. The fourth-order valence-corrected chi connectivity index (χ4v) is 3.73. The Labute approximate surface area is 110 Å². The van der Waals surface area contributed by atoms with Gasteiger partial charge in [-0.3, -0.25) is 4.90 Å². The molecule has 0 radical (unpaired) electrons. The van der Waals surface area contributed by atoms with Crippen LogP contribution in [0.4, 0.5) is 0 Å². The highest BCUT2D eigenvalue weighted by Crippen LogP contribution is 2.29. The van der Waals surface area contributed by atoms with Crippen LogP contribution in [0.5, 0.6) is 0 Å². The van der Waals surface area contributed by atoms with Gasteiger partial charge in [-0.25, -0.2) is 0 Å². The highest BCUT2D eigenvalue weighted by atomic mass is 16.5. The number of rotatable bonds is 3. The summed E-state index contributed by atoms with van der Waals surface area (Å²) in [6, 6.07) is 1.16. The topological polar surface area (TPSA) is 41.7 Å². The molecule has 3 aliphatic rings. The Morgan fingerprint density at radius 2 is 1.83 bits per heavy atom. The monoisotopic (exact) mass is 253 g/mol. The normalized spacial score (nSPS) is 35.8. The molecule has 4 nitrogen and oxygen atoms in total. The Bertz CT molecular complexity index is 266. The molecule has 0 aromatic heterocycles. The summed E-state index contributed by atoms with van der Waals surface area (Å²) in [5, 5.41) is 0. The second kappa shape index (κ2) is 5.87. The molecule has 2 saturated heterocycles. The minimum atomic E-state index is 0.448. The largest absolute Gasteiger partial charge is 0.375 e. The Balaban J connectivity index is 1.44. The van der Waals surface area contributed by atoms with Gasteiger partial charge in [-0.15, -0.1) is 0 Å². The molecule has 104 valence electrons. The maximum Gasteiger partial charge on any atom is 0.0730 e. The van der Waals surface area contributed by atoms with Crippen LogP contribution >= 0.6 is 0 Å². The second-order valence-electron chi connectivity index (χ2n) is 6.12. The van der Waals surface area contributed by atoms with Gasteiger partial charge in [0.15, 0.2) is 0 Å². The fraction of sp³-hybridized carbons (Fsp3) is 1.00. The van der Waals surface area contributed by atoms with Crippen molar-refractivity contribution in [3.8, 4) is 0 Å². The molecule has 0 amide bonds. The van der Waals surface area contributed by atoms with Crippen LogP contribution in [-0.4, -0.2) is 67.3 Å². The summed E-state index contributed by atoms with van der Waals surface area (Å²) in [5.74, 6) is 0. The number of hydrogen-bond acceptors (Lipinski definition) is 4. The molecule has 0 aromatic rings. The molecule has 2 heterocycles. The van der Waals surface area contributed by atoms with E-state index in [1.165, 1.54) is 58.3 Å². The molecular weight excluding hydrogens is 226 g/mol. The average molecular weight is 253 g/mol. The predicted molar refractivity (Wildman–Crippen MR) is 72.6 cm³/mol. The third kappa shape index (κ3) is 2.87. The summed E-state index contributed by atoms with van der Waals surface area (Å²) in [5.41, 5.74) is 5.95. The van der Waals surface area contributed by atoms with Gasteiger partial charge in [0, 0.05) is 31.7 Å². The van der Waals surface area contributed by atoms with Crippen molar-refractivity contribution in [1.82, 2.24) is 9.80 Å². The number of ether oxygens (including phenoxy) is 1. The predicted octanol–water partition coefficient (Wildman–Crippen LogP) is 0.663. The number of morpholine rings is 1. The number of hydrogen-bond donors (Lipinski definition) is 1. The first-order valence-corrected chi connectivity index (χ1v) is 7.66. The van der Waals surface area contributed by atoms with E-state index in [0.717, 1.165) is 13.2 Å². The first-order valence-electron chi connectivity index (χ1n) is 7.66. The van der Waals surface area contributed by atoms with Crippen molar-refractivity contribution in [2.75, 3.05) is 39.3 Å². The number of piperidine rings is 1. The van der Waals surface area contributed by atoms with E-state index in [4.69, 9.17) is 10.5 Å². The lowest BCUT2D eigenvalue weighted by atomic mass is 10.1. The summed E-state index contributed by atoms with van der Waals surface area (Å²) < 4.78 is 5.87. The minimum absolute atomic E-state index is 0.448. The lowest BCUT2D eigenvalue weighted by Crippen LogP contribution is -2.51. The van der Waals surface area contributed by atoms with Gasteiger partial charge in [-0.1, -0.05) is 0 Å². The van der Waals surface area contributed by atoms with E-state index in [1.807, 2.05) is 0 Å². The van der Waals surface area contributed by atoms with Crippen molar-refractivity contribution in [1.29, 1.82) is 0 Å². The molecule has 4 heteroatoms. The first kappa shape index (κ1) is 12.9. The minimum Gasteiger partial charge on any atom is -0.375 e. The van der Waals surface area contributed by atoms with E-state index in [2.05, 4.69) is 9.80 Å². The Morgan fingerprint density at radius 3 is 2.67 bits per heavy atom. The molecule has 2 atom stereocenters. The third-order valence-corrected chi connectivity index (χ3v) is 4.93. The van der Waals surface area contributed by atoms with Crippen LogP contribution in [0.2, 0.25) is 0 Å². The molecule has 3 rings (SSSR count). The number of nitrogens with two attached hydrogens (primary N) is 1. The summed E-state index contributed by atoms with van der Waals surface area (Å²) in [6.07, 6.45) is 6.86. The number of nitrogens with zero attached hydrogens (tertiary/aromatic N) is 2. The van der Waals surface area contributed by atoms with E-state index < -0.39 is 0 Å². The Kier molecular flexibility index (Phi) is 4.19. The molecule has 0 bridgehead atoms. The SMILES string of the molecule is NC1CCN(CCN2CCOC3CCCC32)CC1. The number of likely N-dealkylation sites (tertiary alicyclic amines) is 1. The zero-order chi connectivity index (χ0) is 12.4. The quantitative estimate of drug-likeness (QED) is 0.802. The lowest BCUT2D eigenvalue weighted by Gasteiger charge is -2.39. The molecule has 1 saturated carbocycles. The maximum absolute atomic E-state index is 5.95. The molecule has 0 aromatic carbocycles. The van der Waals surface area contributed by atoms with Crippen LogP contribution in [0.25, 0.3) is 0 Å². The van der Waals surface area contributed by atoms with E-state index >= 15 is 0 Å². The molecule has 2 N–H and O–H groups in total. The van der Waals surface area contributed by atoms with Crippen molar-refractivity contribution >= 4 is 0 Å². The highest BCUT2D eigenvalue weighted by molar-refractivity contribution is 4.89. The zero-order valence-corrected chi connectivity index (χ0v) is 11.4. The van der Waals surface area contributed by atoms with Gasteiger partial charge in [-0.2, -0.15) is 0 Å². The van der Waals surface area contributed by atoms with E-state index in [0.29, 0.717) is 18.2 Å². The van der Waals surface area contributed by atoms with Gasteiger partial charge in [0.25, 0.3) is 0 Å². The molecule has 18 heavy (non-hydrogen) atoms. The van der Waals surface area contributed by atoms with Gasteiger partial charge >= 0.3 is 0 Å². The van der Waals surface area contributed by atoms with Crippen molar-refractivity contribution in [3.63, 3.8) is 0 Å². The van der Waals surface area contributed by atoms with Crippen LogP contribution in [0.3, 0.4) is 0 Å². The molecular formula is C14H27N3O. The summed E-state index contributed by atoms with van der Waals surface area (Å²) >= 11 is 0. The zero-order valence-electron chi connectivity index (χ0n) is 11.4. The molecule has 1 aliphatic carbocycles. The first-order chi connectivity index (χ1) is 8.83. The van der Waals surface area contributed by atoms with Gasteiger partial charge in [0.1, 0.15) is 0 Å². The van der Waals surface area contributed by atoms with E-state index in [1.54, 1.807) is 0 Å². The van der Waals surface area contributed by atoms with Crippen molar-refractivity contribution in [2.45, 2.75) is 50.3 Å². The van der Waals surface area contributed by atoms with Crippen LogP contribution in [0.15, 0.2) is 0 Å². The number of fused-ring (bicyclic) bond motifs is 1. The van der Waals surface area contributed by atoms with Gasteiger partial charge in [0.2, 0.25) is 0 Å². The lowest BCUT2D eigenvalue weighted by molar-refractivity contribution is -0.0578. The third-order valence-electron chi connectivity index (χ3n) is 4.93. The highest BCUT2D eigenvalue weighted by Gasteiger charge is 2.35. The summed E-state index contributed by atoms with van der Waals surface area (Å²) in [6.45, 7) is 6.90. The maximum atomic E-state index is 5.95. The summed E-state index contributed by atoms with van der Waals surface area (Å²) in [7, 11) is 0. The van der Waals surface area contributed by atoms with Crippen LogP contribution < -0.4 is 5.73 Å². The average Bonchev–Trinajstić information content (AvgIpc) is 2.87. The van der Waals surface area contributed by atoms with Gasteiger partial charge in [-0.05, 0) is 45.2 Å². The van der Waals surface area contributed by atoms with Gasteiger partial charge in [0.05, 0.1) is 12.7 Å². The van der Waals surface area contributed by atoms with E-state index in [-0.39, 0.29) is 0 Å². The van der Waals surface area contributed by atoms with Gasteiger partial charge < -0.3 is 15.4 Å². The van der Waals surface area contributed by atoms with Crippen molar-refractivity contribution in [3.05, 3.63) is 0 Å². The standard InChI is InChI=1S/C14H27N3O/c15-12-4-6-16(7-5-12)8-9-17-10-11-18-14-3-1-2-13(14)17/h12-14H,1-11,15H2. The van der Waals surface area contributed by atoms with Crippen LogP contribution in [0.1, 0.15) is 32.1 Å². The Hall–Kier alpha value is -0.160.